The summed E-state index contributed by atoms with van der Waals surface area (Å²) in [5.74, 6) is -1.66. The van der Waals surface area contributed by atoms with Crippen LogP contribution in [0.2, 0.25) is 0 Å². The molecule has 0 radical (unpaired) electrons. The minimum atomic E-state index is -0.626. The van der Waals surface area contributed by atoms with Crippen LogP contribution in [-0.2, 0) is 14.3 Å². The van der Waals surface area contributed by atoms with Gasteiger partial charge in [-0.05, 0) is 78.0 Å². The number of hydrogen-bond donors (Lipinski definition) is 1. The molecule has 8 heteroatoms. The van der Waals surface area contributed by atoms with Crippen molar-refractivity contribution in [1.29, 1.82) is 0 Å². The van der Waals surface area contributed by atoms with Gasteiger partial charge in [-0.2, -0.15) is 0 Å². The number of carbonyl (C=O) groups is 3. The summed E-state index contributed by atoms with van der Waals surface area (Å²) < 4.78 is 5.96. The average molecular weight is 497 g/mol. The number of nitrogens with zero attached hydrogens (tertiary/aromatic N) is 1. The van der Waals surface area contributed by atoms with E-state index in [1.807, 2.05) is 12.1 Å². The van der Waals surface area contributed by atoms with Gasteiger partial charge in [0, 0.05) is 9.26 Å². The molecule has 2 aromatic carbocycles. The highest BCUT2D eigenvalue weighted by molar-refractivity contribution is 14.1. The zero-order valence-corrected chi connectivity index (χ0v) is 17.1. The van der Waals surface area contributed by atoms with Crippen LogP contribution in [0.1, 0.15) is 17.3 Å². The second-order valence-corrected chi connectivity index (χ2v) is 7.16. The van der Waals surface area contributed by atoms with E-state index in [4.69, 9.17) is 16.3 Å². The van der Waals surface area contributed by atoms with E-state index in [0.717, 1.165) is 8.47 Å². The van der Waals surface area contributed by atoms with Crippen molar-refractivity contribution in [2.45, 2.75) is 6.92 Å². The first kappa shape index (κ1) is 19.4. The second-order valence-electron chi connectivity index (χ2n) is 5.53. The quantitative estimate of drug-likeness (QED) is 0.386. The fraction of sp³-hybridized carbons (Fsp3) is 0.105. The Hall–Kier alpha value is -2.39. The first-order chi connectivity index (χ1) is 12.9. The summed E-state index contributed by atoms with van der Waals surface area (Å²) in [6.45, 7) is 1.97. The Kier molecular flexibility index (Phi) is 5.81. The van der Waals surface area contributed by atoms with Crippen LogP contribution in [0.5, 0.6) is 0 Å². The molecule has 0 fully saturated rings. The highest BCUT2D eigenvalue weighted by atomic mass is 127. The summed E-state index contributed by atoms with van der Waals surface area (Å²) in [5, 5.41) is 2.72. The van der Waals surface area contributed by atoms with Crippen molar-refractivity contribution >= 4 is 63.4 Å². The number of carbonyl (C=O) groups excluding carboxylic acids is 3. The third kappa shape index (κ3) is 3.98. The lowest BCUT2D eigenvalue weighted by molar-refractivity contribution is -0.120. The van der Waals surface area contributed by atoms with Gasteiger partial charge < -0.3 is 10.1 Å². The Bertz CT molecular complexity index is 939. The third-order valence-corrected chi connectivity index (χ3v) is 4.85. The fourth-order valence-electron chi connectivity index (χ4n) is 2.48. The topological polar surface area (TPSA) is 75.7 Å². The van der Waals surface area contributed by atoms with Crippen LogP contribution in [0.15, 0.2) is 59.3 Å². The van der Waals surface area contributed by atoms with Crippen LogP contribution in [0.3, 0.4) is 0 Å². The van der Waals surface area contributed by atoms with Crippen LogP contribution < -0.4 is 10.2 Å². The molecule has 0 unspecified atom stereocenters. The molecule has 2 aromatic rings. The molecule has 0 atom stereocenters. The molecule has 1 N–H and O–H groups in total. The molecular weight excluding hydrogens is 483 g/mol. The van der Waals surface area contributed by atoms with Gasteiger partial charge in [0.05, 0.1) is 17.9 Å². The molecule has 1 aliphatic heterocycles. The molecule has 0 saturated heterocycles. The molecule has 138 valence electrons. The van der Waals surface area contributed by atoms with Crippen LogP contribution in [0.25, 0.3) is 0 Å². The second kappa shape index (κ2) is 8.10. The number of halogens is 2. The van der Waals surface area contributed by atoms with Crippen LogP contribution in [0.4, 0.5) is 11.4 Å². The molecule has 3 rings (SSSR count). The van der Waals surface area contributed by atoms with Crippen molar-refractivity contribution in [2.24, 2.45) is 0 Å². The number of benzene rings is 2. The number of anilines is 2. The fourth-order valence-corrected chi connectivity index (χ4v) is 3.06. The summed E-state index contributed by atoms with van der Waals surface area (Å²) in [6.07, 6.45) is 0. The number of ether oxygens (including phenoxy) is 1. The van der Waals surface area contributed by atoms with E-state index in [2.05, 4.69) is 27.9 Å². The van der Waals surface area contributed by atoms with E-state index in [1.165, 1.54) is 24.3 Å². The Morgan fingerprint density at radius 2 is 1.70 bits per heavy atom. The molecule has 0 aromatic heterocycles. The minimum absolute atomic E-state index is 0.0114. The van der Waals surface area contributed by atoms with Gasteiger partial charge in [0.25, 0.3) is 11.8 Å². The van der Waals surface area contributed by atoms with Crippen LogP contribution in [0, 0.1) is 3.57 Å². The Morgan fingerprint density at radius 1 is 1.07 bits per heavy atom. The molecule has 0 spiro atoms. The lowest BCUT2D eigenvalue weighted by Crippen LogP contribution is -2.32. The maximum absolute atomic E-state index is 12.7. The number of nitrogens with one attached hydrogen (secondary N) is 1. The van der Waals surface area contributed by atoms with Gasteiger partial charge in [-0.15, -0.1) is 0 Å². The van der Waals surface area contributed by atoms with Crippen LogP contribution in [-0.4, -0.2) is 24.4 Å². The van der Waals surface area contributed by atoms with E-state index in [9.17, 15) is 14.4 Å². The third-order valence-electron chi connectivity index (χ3n) is 3.78. The number of hydrogen-bond acceptors (Lipinski definition) is 5. The Labute approximate surface area is 174 Å². The predicted molar refractivity (Wildman–Crippen MR) is 111 cm³/mol. The average Bonchev–Trinajstić information content (AvgIpc) is 2.87. The van der Waals surface area contributed by atoms with E-state index >= 15 is 0 Å². The van der Waals surface area contributed by atoms with Gasteiger partial charge in [-0.1, -0.05) is 11.6 Å². The van der Waals surface area contributed by atoms with Crippen molar-refractivity contribution < 1.29 is 19.1 Å². The first-order valence-corrected chi connectivity index (χ1v) is 9.46. The summed E-state index contributed by atoms with van der Waals surface area (Å²) in [7, 11) is 0. The monoisotopic (exact) mass is 496 g/mol. The Balaban J connectivity index is 1.82. The molecule has 0 aliphatic carbocycles. The highest BCUT2D eigenvalue weighted by Crippen LogP contribution is 2.30. The largest absolute Gasteiger partial charge is 0.462 e. The van der Waals surface area contributed by atoms with E-state index in [1.54, 1.807) is 19.1 Å². The Morgan fingerprint density at radius 3 is 2.30 bits per heavy atom. The summed E-state index contributed by atoms with van der Waals surface area (Å²) in [4.78, 5) is 37.9. The molecule has 0 bridgehead atoms. The van der Waals surface area contributed by atoms with Crippen molar-refractivity contribution in [1.82, 2.24) is 0 Å². The lowest BCUT2D eigenvalue weighted by Gasteiger charge is -2.15. The first-order valence-electron chi connectivity index (χ1n) is 8.00. The summed E-state index contributed by atoms with van der Waals surface area (Å²) >= 11 is 8.27. The number of rotatable bonds is 5. The molecule has 1 heterocycles. The maximum Gasteiger partial charge on any atom is 0.338 e. The van der Waals surface area contributed by atoms with Gasteiger partial charge in [0.1, 0.15) is 10.7 Å². The van der Waals surface area contributed by atoms with E-state index < -0.39 is 17.8 Å². The highest BCUT2D eigenvalue weighted by Gasteiger charge is 2.39. The van der Waals surface area contributed by atoms with Crippen molar-refractivity contribution in [3.8, 4) is 0 Å². The van der Waals surface area contributed by atoms with Crippen LogP contribution >= 0.6 is 34.2 Å². The zero-order valence-electron chi connectivity index (χ0n) is 14.2. The van der Waals surface area contributed by atoms with E-state index in [0.29, 0.717) is 16.9 Å². The van der Waals surface area contributed by atoms with Crippen molar-refractivity contribution in [3.05, 3.63) is 68.4 Å². The SMILES string of the molecule is CCOC(=O)c1ccc(N2C(=O)C(Cl)=C(Nc3ccc(I)cc3)C2=O)cc1. The molecule has 2 amide bonds. The van der Waals surface area contributed by atoms with Gasteiger partial charge >= 0.3 is 5.97 Å². The zero-order chi connectivity index (χ0) is 19.6. The van der Waals surface area contributed by atoms with Gasteiger partial charge in [-0.25, -0.2) is 9.69 Å². The lowest BCUT2D eigenvalue weighted by atomic mass is 10.2. The molecule has 27 heavy (non-hydrogen) atoms. The van der Waals surface area contributed by atoms with Crippen molar-refractivity contribution in [3.63, 3.8) is 0 Å². The predicted octanol–water partition coefficient (Wildman–Crippen LogP) is 3.90. The van der Waals surface area contributed by atoms with Gasteiger partial charge in [0.2, 0.25) is 0 Å². The van der Waals surface area contributed by atoms with Crippen molar-refractivity contribution in [2.75, 3.05) is 16.8 Å². The maximum atomic E-state index is 12.7. The molecule has 6 nitrogen and oxygen atoms in total. The summed E-state index contributed by atoms with van der Waals surface area (Å²) in [5.41, 5.74) is 1.30. The summed E-state index contributed by atoms with van der Waals surface area (Å²) in [6, 6.07) is 13.3. The standard InChI is InChI=1S/C19H14ClIN2O4/c1-2-27-19(26)11-3-9-14(10-4-11)23-17(24)15(20)16(18(23)25)22-13-7-5-12(21)6-8-13/h3-10,22H,2H2,1H3. The number of amides is 2. The normalized spacial score (nSPS) is 14.0. The van der Waals surface area contributed by atoms with Gasteiger partial charge in [-0.3, -0.25) is 9.59 Å². The van der Waals surface area contributed by atoms with Gasteiger partial charge in [0.15, 0.2) is 0 Å². The number of esters is 1. The number of imide groups is 1. The smallest absolute Gasteiger partial charge is 0.338 e. The molecule has 1 aliphatic rings. The minimum Gasteiger partial charge on any atom is -0.462 e. The molecular formula is C19H14ClIN2O4. The van der Waals surface area contributed by atoms with E-state index in [-0.39, 0.29) is 17.3 Å². The molecule has 0 saturated carbocycles.